The van der Waals surface area contributed by atoms with Gasteiger partial charge >= 0.3 is 5.97 Å². The van der Waals surface area contributed by atoms with E-state index in [0.717, 1.165) is 0 Å². The molecular weight excluding hydrogens is 148 g/mol. The van der Waals surface area contributed by atoms with Gasteiger partial charge in [0.15, 0.2) is 0 Å². The zero-order chi connectivity index (χ0) is 7.28. The van der Waals surface area contributed by atoms with Crippen LogP contribution >= 0.6 is 13.5 Å². The van der Waals surface area contributed by atoms with Crippen molar-refractivity contribution in [2.45, 2.75) is 20.3 Å². The number of carboxylic acid groups (broad SMARTS) is 1. The molecule has 0 bridgehead atoms. The van der Waals surface area contributed by atoms with Gasteiger partial charge in [0.1, 0.15) is 0 Å². The van der Waals surface area contributed by atoms with Crippen molar-refractivity contribution in [3.05, 3.63) is 0 Å². The fraction of sp³-hybridized carbons (Fsp3) is 0.571. The van der Waals surface area contributed by atoms with Gasteiger partial charge in [0.2, 0.25) is 0 Å². The Balaban J connectivity index is 0. The van der Waals surface area contributed by atoms with Gasteiger partial charge in [-0.25, -0.2) is 0 Å². The third-order valence-electron chi connectivity index (χ3n) is 1.01. The van der Waals surface area contributed by atoms with E-state index in [-0.39, 0.29) is 19.4 Å². The molecular formula is C7H12O2S. The Morgan fingerprint density at radius 1 is 1.70 bits per heavy atom. The highest BCUT2D eigenvalue weighted by atomic mass is 32.1. The van der Waals surface area contributed by atoms with Crippen LogP contribution in [0.2, 0.25) is 0 Å². The van der Waals surface area contributed by atoms with E-state index < -0.39 is 5.97 Å². The molecule has 3 heteroatoms. The maximum absolute atomic E-state index is 10.1. The summed E-state index contributed by atoms with van der Waals surface area (Å²) in [5.74, 6) is 4.22. The van der Waals surface area contributed by atoms with E-state index in [1.165, 1.54) is 0 Å². The molecule has 0 rings (SSSR count). The first kappa shape index (κ1) is 12.1. The molecule has 0 aliphatic heterocycles. The summed E-state index contributed by atoms with van der Waals surface area (Å²) in [5, 5.41) is 8.34. The Morgan fingerprint density at radius 2 is 2.20 bits per heavy atom. The summed E-state index contributed by atoms with van der Waals surface area (Å²) in [6, 6.07) is 0. The van der Waals surface area contributed by atoms with Gasteiger partial charge in [-0.1, -0.05) is 6.92 Å². The molecule has 1 atom stereocenters. The molecule has 0 radical (unpaired) electrons. The molecule has 0 aromatic heterocycles. The molecule has 1 N–H and O–H groups in total. The maximum Gasteiger partial charge on any atom is 0.307 e. The first-order chi connectivity index (χ1) is 4.18. The van der Waals surface area contributed by atoms with Crippen LogP contribution in [0, 0.1) is 17.8 Å². The highest BCUT2D eigenvalue weighted by molar-refractivity contribution is 7.59. The number of hydrogen-bond donors (Lipinski definition) is 1. The van der Waals surface area contributed by atoms with Gasteiger partial charge in [0, 0.05) is 6.42 Å². The average Bonchev–Trinajstić information content (AvgIpc) is 1.82. The Bertz CT molecular complexity index is 155. The second-order valence-corrected chi connectivity index (χ2v) is 1.87. The molecule has 2 nitrogen and oxygen atoms in total. The topological polar surface area (TPSA) is 37.3 Å². The van der Waals surface area contributed by atoms with Crippen molar-refractivity contribution < 1.29 is 9.90 Å². The van der Waals surface area contributed by atoms with Crippen molar-refractivity contribution in [1.29, 1.82) is 0 Å². The third kappa shape index (κ3) is 5.52. The highest BCUT2D eigenvalue weighted by Crippen LogP contribution is 1.98. The summed E-state index contributed by atoms with van der Waals surface area (Å²) < 4.78 is 0. The van der Waals surface area contributed by atoms with E-state index in [1.807, 2.05) is 0 Å². The SMILES string of the molecule is CC#CC[C@H](C)C(=O)O.S. The van der Waals surface area contributed by atoms with Crippen molar-refractivity contribution in [3.8, 4) is 11.8 Å². The lowest BCUT2D eigenvalue weighted by molar-refractivity contribution is -0.140. The quantitative estimate of drug-likeness (QED) is 0.617. The lowest BCUT2D eigenvalue weighted by atomic mass is 10.1. The van der Waals surface area contributed by atoms with Gasteiger partial charge < -0.3 is 5.11 Å². The van der Waals surface area contributed by atoms with Crippen LogP contribution in [-0.4, -0.2) is 11.1 Å². The van der Waals surface area contributed by atoms with Gasteiger partial charge in [-0.05, 0) is 6.92 Å². The second-order valence-electron chi connectivity index (χ2n) is 1.87. The van der Waals surface area contributed by atoms with Gasteiger partial charge in [0.05, 0.1) is 5.92 Å². The van der Waals surface area contributed by atoms with Crippen molar-refractivity contribution in [1.82, 2.24) is 0 Å². The van der Waals surface area contributed by atoms with Crippen LogP contribution in [-0.2, 0) is 4.79 Å². The molecule has 0 saturated carbocycles. The van der Waals surface area contributed by atoms with Crippen LogP contribution < -0.4 is 0 Å². The largest absolute Gasteiger partial charge is 0.481 e. The molecule has 0 aliphatic rings. The van der Waals surface area contributed by atoms with Crippen LogP contribution in [0.25, 0.3) is 0 Å². The minimum atomic E-state index is -0.780. The molecule has 0 aromatic rings. The number of hydrogen-bond acceptors (Lipinski definition) is 1. The predicted molar refractivity (Wildman–Crippen MR) is 45.2 cm³/mol. The summed E-state index contributed by atoms with van der Waals surface area (Å²) in [5.41, 5.74) is 0. The van der Waals surface area contributed by atoms with Crippen LogP contribution in [0.3, 0.4) is 0 Å². The van der Waals surface area contributed by atoms with E-state index in [9.17, 15) is 4.79 Å². The minimum absolute atomic E-state index is 0. The standard InChI is InChI=1S/C7H10O2.H2S/c1-3-4-5-6(2)7(8)9;/h6H,5H2,1-2H3,(H,8,9);1H2/t6-;/m0./s1. The van der Waals surface area contributed by atoms with Gasteiger partial charge in [0.25, 0.3) is 0 Å². The van der Waals surface area contributed by atoms with Gasteiger partial charge in [-0.2, -0.15) is 13.5 Å². The first-order valence-corrected chi connectivity index (χ1v) is 2.81. The predicted octanol–water partition coefficient (Wildman–Crippen LogP) is 1.23. The highest BCUT2D eigenvalue weighted by Gasteiger charge is 2.07. The first-order valence-electron chi connectivity index (χ1n) is 2.81. The minimum Gasteiger partial charge on any atom is -0.481 e. The number of rotatable bonds is 2. The van der Waals surface area contributed by atoms with Crippen LogP contribution in [0.5, 0.6) is 0 Å². The number of aliphatic carboxylic acids is 1. The Labute approximate surface area is 68.1 Å². The Kier molecular flexibility index (Phi) is 7.86. The summed E-state index contributed by atoms with van der Waals surface area (Å²) in [7, 11) is 0. The molecule has 0 aliphatic carbocycles. The Hall–Kier alpha value is -0.620. The van der Waals surface area contributed by atoms with E-state index in [4.69, 9.17) is 5.11 Å². The summed E-state index contributed by atoms with van der Waals surface area (Å²) in [6.45, 7) is 3.35. The van der Waals surface area contributed by atoms with Crippen molar-refractivity contribution in [3.63, 3.8) is 0 Å². The summed E-state index contributed by atoms with van der Waals surface area (Å²) in [6.07, 6.45) is 0.450. The number of carbonyl (C=O) groups is 1. The monoisotopic (exact) mass is 160 g/mol. The lowest BCUT2D eigenvalue weighted by Gasteiger charge is -1.96. The van der Waals surface area contributed by atoms with Crippen LogP contribution in [0.1, 0.15) is 20.3 Å². The van der Waals surface area contributed by atoms with Crippen molar-refractivity contribution in [2.75, 3.05) is 0 Å². The molecule has 0 unspecified atom stereocenters. The molecule has 10 heavy (non-hydrogen) atoms. The van der Waals surface area contributed by atoms with E-state index in [0.29, 0.717) is 6.42 Å². The second kappa shape index (κ2) is 6.50. The zero-order valence-corrected chi connectivity index (χ0v) is 7.14. The molecule has 0 aromatic carbocycles. The maximum atomic E-state index is 10.1. The lowest BCUT2D eigenvalue weighted by Crippen LogP contribution is -2.07. The van der Waals surface area contributed by atoms with Crippen molar-refractivity contribution in [2.24, 2.45) is 5.92 Å². The summed E-state index contributed by atoms with van der Waals surface area (Å²) in [4.78, 5) is 10.1. The zero-order valence-electron chi connectivity index (χ0n) is 6.14. The molecule has 0 amide bonds. The normalized spacial score (nSPS) is 10.2. The van der Waals surface area contributed by atoms with Crippen molar-refractivity contribution >= 4 is 19.5 Å². The van der Waals surface area contributed by atoms with Crippen LogP contribution in [0.15, 0.2) is 0 Å². The molecule has 0 heterocycles. The van der Waals surface area contributed by atoms with E-state index in [2.05, 4.69) is 11.8 Å². The molecule has 0 spiro atoms. The molecule has 0 saturated heterocycles. The summed E-state index contributed by atoms with van der Waals surface area (Å²) >= 11 is 0. The fourth-order valence-electron chi connectivity index (χ4n) is 0.342. The smallest absolute Gasteiger partial charge is 0.307 e. The molecule has 0 fully saturated rings. The van der Waals surface area contributed by atoms with Gasteiger partial charge in [-0.15, -0.1) is 11.8 Å². The van der Waals surface area contributed by atoms with E-state index in [1.54, 1.807) is 13.8 Å². The fourth-order valence-corrected chi connectivity index (χ4v) is 0.342. The van der Waals surface area contributed by atoms with Crippen LogP contribution in [0.4, 0.5) is 0 Å². The third-order valence-corrected chi connectivity index (χ3v) is 1.01. The van der Waals surface area contributed by atoms with Gasteiger partial charge in [-0.3, -0.25) is 4.79 Å². The number of carboxylic acids is 1. The molecule has 58 valence electrons. The van der Waals surface area contributed by atoms with E-state index >= 15 is 0 Å². The average molecular weight is 160 g/mol. The Morgan fingerprint density at radius 3 is 2.50 bits per heavy atom.